The number of halogens is 1. The molecule has 0 aliphatic carbocycles. The number of rotatable bonds is 3. The van der Waals surface area contributed by atoms with E-state index in [1.165, 1.54) is 0 Å². The van der Waals surface area contributed by atoms with Crippen molar-refractivity contribution in [1.82, 2.24) is 20.8 Å². The van der Waals surface area contributed by atoms with E-state index in [9.17, 15) is 4.79 Å². The van der Waals surface area contributed by atoms with Crippen LogP contribution < -0.4 is 10.6 Å². The Hall–Kier alpha value is -0.720. The number of nitrogens with zero attached hydrogens (tertiary/aromatic N) is 2. The van der Waals surface area contributed by atoms with E-state index >= 15 is 0 Å². The quantitative estimate of drug-likeness (QED) is 0.888. The lowest BCUT2D eigenvalue weighted by atomic mass is 9.98. The van der Waals surface area contributed by atoms with Gasteiger partial charge in [-0.2, -0.15) is 0 Å². The molecule has 1 fully saturated rings. The Balaban J connectivity index is 0.00000180. The van der Waals surface area contributed by atoms with E-state index < -0.39 is 0 Å². The van der Waals surface area contributed by atoms with Crippen LogP contribution in [0.4, 0.5) is 0 Å². The van der Waals surface area contributed by atoms with Crippen molar-refractivity contribution in [1.29, 1.82) is 0 Å². The maximum absolute atomic E-state index is 11.8. The molecule has 2 N–H and O–H groups in total. The van der Waals surface area contributed by atoms with Gasteiger partial charge in [-0.3, -0.25) is 4.79 Å². The highest BCUT2D eigenvalue weighted by atomic mass is 35.5. The van der Waals surface area contributed by atoms with E-state index in [2.05, 4.69) is 41.6 Å². The maximum atomic E-state index is 11.8. The molecule has 108 valence electrons. The van der Waals surface area contributed by atoms with Gasteiger partial charge >= 0.3 is 0 Å². The number of hydrogen-bond acceptors (Lipinski definition) is 5. The minimum absolute atomic E-state index is 0. The molecule has 1 unspecified atom stereocenters. The van der Waals surface area contributed by atoms with Crippen LogP contribution in [0.1, 0.15) is 37.2 Å². The van der Waals surface area contributed by atoms with Crippen molar-refractivity contribution in [2.75, 3.05) is 13.1 Å². The minimum Gasteiger partial charge on any atom is -0.349 e. The van der Waals surface area contributed by atoms with E-state index in [0.29, 0.717) is 6.54 Å². The molecule has 1 saturated heterocycles. The second-order valence-corrected chi connectivity index (χ2v) is 6.72. The molecule has 1 amide bonds. The lowest BCUT2D eigenvalue weighted by Crippen LogP contribution is -2.31. The van der Waals surface area contributed by atoms with Gasteiger partial charge in [0.25, 0.3) is 0 Å². The zero-order chi connectivity index (χ0) is 13.2. The first-order chi connectivity index (χ1) is 8.47. The summed E-state index contributed by atoms with van der Waals surface area (Å²) in [5.74, 6) is 0.229. The monoisotopic (exact) mass is 304 g/mol. The molecule has 5 nitrogen and oxygen atoms in total. The highest BCUT2D eigenvalue weighted by Gasteiger charge is 2.23. The Morgan fingerprint density at radius 3 is 2.74 bits per heavy atom. The van der Waals surface area contributed by atoms with Gasteiger partial charge in [0, 0.05) is 12.0 Å². The molecule has 0 aromatic carbocycles. The third-order valence-electron chi connectivity index (χ3n) is 2.95. The summed E-state index contributed by atoms with van der Waals surface area (Å²) in [5, 5.41) is 16.3. The molecule has 0 bridgehead atoms. The predicted octanol–water partition coefficient (Wildman–Crippen LogP) is 1.48. The van der Waals surface area contributed by atoms with Crippen molar-refractivity contribution >= 4 is 29.7 Å². The summed E-state index contributed by atoms with van der Waals surface area (Å²) in [5.41, 5.74) is 0.0231. The van der Waals surface area contributed by atoms with E-state index in [0.717, 1.165) is 29.5 Å². The normalized spacial score (nSPS) is 19.0. The lowest BCUT2D eigenvalue weighted by Gasteiger charge is -2.12. The molecule has 1 aromatic heterocycles. The van der Waals surface area contributed by atoms with Crippen LogP contribution in [0.15, 0.2) is 0 Å². The number of amides is 1. The molecular weight excluding hydrogens is 284 g/mol. The van der Waals surface area contributed by atoms with E-state index in [4.69, 9.17) is 0 Å². The van der Waals surface area contributed by atoms with Crippen LogP contribution >= 0.6 is 23.7 Å². The van der Waals surface area contributed by atoms with Gasteiger partial charge in [-0.25, -0.2) is 0 Å². The molecule has 0 spiro atoms. The van der Waals surface area contributed by atoms with Gasteiger partial charge in [0.1, 0.15) is 10.0 Å². The maximum Gasteiger partial charge on any atom is 0.224 e. The van der Waals surface area contributed by atoms with Crippen LogP contribution in [0.2, 0.25) is 0 Å². The van der Waals surface area contributed by atoms with Crippen LogP contribution in [0.25, 0.3) is 0 Å². The van der Waals surface area contributed by atoms with Crippen LogP contribution in [-0.2, 0) is 16.8 Å². The van der Waals surface area contributed by atoms with Gasteiger partial charge in [-0.15, -0.1) is 22.6 Å². The van der Waals surface area contributed by atoms with Crippen molar-refractivity contribution in [3.8, 4) is 0 Å². The second kappa shape index (κ2) is 6.63. The summed E-state index contributed by atoms with van der Waals surface area (Å²) in [6, 6.07) is 0. The zero-order valence-corrected chi connectivity index (χ0v) is 13.2. The molecule has 7 heteroatoms. The largest absolute Gasteiger partial charge is 0.349 e. The standard InChI is InChI=1S/C12H20N4OS.ClH/c1-12(2,3)11-16-15-9(18-11)7-14-10(17)8-4-5-13-6-8;/h8,13H,4-7H2,1-3H3,(H,14,17);1H. The summed E-state index contributed by atoms with van der Waals surface area (Å²) in [6.45, 7) is 8.55. The molecule has 1 aliphatic heterocycles. The first-order valence-corrected chi connectivity index (χ1v) is 7.10. The van der Waals surface area contributed by atoms with Gasteiger partial charge in [0.05, 0.1) is 12.5 Å². The lowest BCUT2D eigenvalue weighted by molar-refractivity contribution is -0.124. The van der Waals surface area contributed by atoms with Gasteiger partial charge in [-0.1, -0.05) is 32.1 Å². The SMILES string of the molecule is CC(C)(C)c1nnc(CNC(=O)C2CCNC2)s1.Cl. The third kappa shape index (κ3) is 4.40. The third-order valence-corrected chi connectivity index (χ3v) is 4.30. The Morgan fingerprint density at radius 1 is 1.47 bits per heavy atom. The number of carbonyl (C=O) groups excluding carboxylic acids is 1. The summed E-state index contributed by atoms with van der Waals surface area (Å²) in [7, 11) is 0. The molecule has 0 radical (unpaired) electrons. The van der Waals surface area contributed by atoms with Crippen LogP contribution in [-0.4, -0.2) is 29.2 Å². The summed E-state index contributed by atoms with van der Waals surface area (Å²) in [6.07, 6.45) is 0.926. The topological polar surface area (TPSA) is 66.9 Å². The second-order valence-electron chi connectivity index (χ2n) is 5.66. The van der Waals surface area contributed by atoms with E-state index in [1.54, 1.807) is 11.3 Å². The van der Waals surface area contributed by atoms with Gasteiger partial charge in [0.2, 0.25) is 5.91 Å². The van der Waals surface area contributed by atoms with E-state index in [-0.39, 0.29) is 29.6 Å². The van der Waals surface area contributed by atoms with Crippen LogP contribution in [0.5, 0.6) is 0 Å². The fourth-order valence-corrected chi connectivity index (χ4v) is 2.65. The highest BCUT2D eigenvalue weighted by Crippen LogP contribution is 2.25. The Morgan fingerprint density at radius 2 is 2.21 bits per heavy atom. The first kappa shape index (κ1) is 16.3. The van der Waals surface area contributed by atoms with Crippen molar-refractivity contribution in [2.24, 2.45) is 5.92 Å². The predicted molar refractivity (Wildman–Crippen MR) is 78.7 cm³/mol. The molecule has 1 atom stereocenters. The van der Waals surface area contributed by atoms with Crippen LogP contribution in [0, 0.1) is 5.92 Å². The summed E-state index contributed by atoms with van der Waals surface area (Å²) < 4.78 is 0. The molecule has 2 heterocycles. The molecule has 1 aromatic rings. The first-order valence-electron chi connectivity index (χ1n) is 6.28. The molecule has 1 aliphatic rings. The van der Waals surface area contributed by atoms with Crippen molar-refractivity contribution in [3.63, 3.8) is 0 Å². The average molecular weight is 305 g/mol. The van der Waals surface area contributed by atoms with Crippen molar-refractivity contribution < 1.29 is 4.79 Å². The summed E-state index contributed by atoms with van der Waals surface area (Å²) >= 11 is 1.57. The van der Waals surface area contributed by atoms with Gasteiger partial charge in [-0.05, 0) is 13.0 Å². The van der Waals surface area contributed by atoms with E-state index in [1.807, 2.05) is 0 Å². The van der Waals surface area contributed by atoms with Gasteiger partial charge < -0.3 is 10.6 Å². The number of hydrogen-bond donors (Lipinski definition) is 2. The molecule has 19 heavy (non-hydrogen) atoms. The molecular formula is C12H21ClN4OS. The fraction of sp³-hybridized carbons (Fsp3) is 0.750. The average Bonchev–Trinajstić information content (AvgIpc) is 2.96. The summed E-state index contributed by atoms with van der Waals surface area (Å²) in [4.78, 5) is 11.8. The van der Waals surface area contributed by atoms with Crippen molar-refractivity contribution in [2.45, 2.75) is 39.2 Å². The number of nitrogens with one attached hydrogen (secondary N) is 2. The molecule has 0 saturated carbocycles. The highest BCUT2D eigenvalue weighted by molar-refractivity contribution is 7.11. The van der Waals surface area contributed by atoms with Crippen LogP contribution in [0.3, 0.4) is 0 Å². The number of aromatic nitrogens is 2. The Kier molecular flexibility index (Phi) is 5.70. The zero-order valence-electron chi connectivity index (χ0n) is 11.5. The van der Waals surface area contributed by atoms with Crippen molar-refractivity contribution in [3.05, 3.63) is 10.0 Å². The number of carbonyl (C=O) groups is 1. The fourth-order valence-electron chi connectivity index (χ4n) is 1.81. The molecule has 2 rings (SSSR count). The Bertz CT molecular complexity index is 424. The minimum atomic E-state index is 0. The Labute approximate surface area is 124 Å². The smallest absolute Gasteiger partial charge is 0.224 e. The van der Waals surface area contributed by atoms with Gasteiger partial charge in [0.15, 0.2) is 0 Å².